The van der Waals surface area contributed by atoms with Crippen LogP contribution in [-0.2, 0) is 16.1 Å². The molecule has 0 radical (unpaired) electrons. The second-order valence-corrected chi connectivity index (χ2v) is 5.98. The Kier molecular flexibility index (Phi) is 4.97. The number of aromatic nitrogens is 2. The summed E-state index contributed by atoms with van der Waals surface area (Å²) in [6.45, 7) is 1.71. The van der Waals surface area contributed by atoms with Gasteiger partial charge in [-0.05, 0) is 30.4 Å². The summed E-state index contributed by atoms with van der Waals surface area (Å²) < 4.78 is 10.5. The maximum Gasteiger partial charge on any atom is 0.246 e. The monoisotopic (exact) mass is 319 g/mol. The molecule has 1 N–H and O–H groups in total. The summed E-state index contributed by atoms with van der Waals surface area (Å²) in [5.74, 6) is 1.25. The number of nitrogens with one attached hydrogen (secondary N) is 1. The number of nitrogens with zero attached hydrogens (tertiary/aromatic N) is 2. The van der Waals surface area contributed by atoms with Crippen LogP contribution in [-0.4, -0.2) is 29.3 Å². The van der Waals surface area contributed by atoms with Gasteiger partial charge in [0.1, 0.15) is 0 Å². The van der Waals surface area contributed by atoms with Crippen molar-refractivity contribution in [3.05, 3.63) is 40.2 Å². The van der Waals surface area contributed by atoms with E-state index >= 15 is 0 Å². The third kappa shape index (κ3) is 4.02. The first kappa shape index (κ1) is 14.9. The van der Waals surface area contributed by atoms with Crippen molar-refractivity contribution in [1.29, 1.82) is 0 Å². The molecule has 2 aromatic rings. The van der Waals surface area contributed by atoms with Gasteiger partial charge in [-0.25, -0.2) is 0 Å². The molecule has 1 fully saturated rings. The zero-order valence-electron chi connectivity index (χ0n) is 12.0. The molecule has 2 aromatic heterocycles. The molecule has 3 heterocycles. The number of carbonyl (C=O) groups is 1. The first-order valence-electron chi connectivity index (χ1n) is 7.21. The van der Waals surface area contributed by atoms with Crippen molar-refractivity contribution in [3.8, 4) is 0 Å². The van der Waals surface area contributed by atoms with Crippen molar-refractivity contribution < 1.29 is 14.1 Å². The summed E-state index contributed by atoms with van der Waals surface area (Å²) in [7, 11) is 0. The molecule has 0 aliphatic carbocycles. The van der Waals surface area contributed by atoms with Crippen LogP contribution in [0.4, 0.5) is 0 Å². The predicted octanol–water partition coefficient (Wildman–Crippen LogP) is 2.35. The molecular formula is C15H17N3O3S. The van der Waals surface area contributed by atoms with Crippen LogP contribution < -0.4 is 5.32 Å². The molecule has 0 unspecified atom stereocenters. The molecule has 1 aliphatic heterocycles. The van der Waals surface area contributed by atoms with Crippen LogP contribution in [0.3, 0.4) is 0 Å². The van der Waals surface area contributed by atoms with E-state index in [1.54, 1.807) is 17.4 Å². The van der Waals surface area contributed by atoms with Gasteiger partial charge in [-0.3, -0.25) is 4.79 Å². The van der Waals surface area contributed by atoms with E-state index in [2.05, 4.69) is 15.5 Å². The summed E-state index contributed by atoms with van der Waals surface area (Å²) in [5.41, 5.74) is 0. The Labute approximate surface area is 132 Å². The topological polar surface area (TPSA) is 77.2 Å². The molecule has 7 heteroatoms. The van der Waals surface area contributed by atoms with Gasteiger partial charge in [-0.1, -0.05) is 11.2 Å². The average molecular weight is 319 g/mol. The summed E-state index contributed by atoms with van der Waals surface area (Å²) in [4.78, 5) is 17.1. The van der Waals surface area contributed by atoms with Gasteiger partial charge in [0.2, 0.25) is 11.8 Å². The summed E-state index contributed by atoms with van der Waals surface area (Å²) in [6.07, 6.45) is 5.10. The first-order valence-corrected chi connectivity index (χ1v) is 8.09. The zero-order chi connectivity index (χ0) is 15.2. The zero-order valence-corrected chi connectivity index (χ0v) is 12.8. The van der Waals surface area contributed by atoms with Crippen LogP contribution in [0, 0.1) is 0 Å². The molecule has 22 heavy (non-hydrogen) atoms. The van der Waals surface area contributed by atoms with Gasteiger partial charge in [0.15, 0.2) is 5.82 Å². The van der Waals surface area contributed by atoms with Gasteiger partial charge in [0, 0.05) is 30.1 Å². The number of hydrogen-bond donors (Lipinski definition) is 1. The second-order valence-electron chi connectivity index (χ2n) is 5.00. The molecule has 3 rings (SSSR count). The third-order valence-electron chi connectivity index (χ3n) is 3.43. The van der Waals surface area contributed by atoms with Crippen LogP contribution >= 0.6 is 11.3 Å². The van der Waals surface area contributed by atoms with Gasteiger partial charge >= 0.3 is 0 Å². The SMILES string of the molecule is O=C(C=Cc1cccs1)NCc1nc(C2CCOCC2)no1. The fourth-order valence-electron chi connectivity index (χ4n) is 2.23. The Balaban J connectivity index is 1.49. The number of carbonyl (C=O) groups excluding carboxylic acids is 1. The van der Waals surface area contributed by atoms with E-state index in [0.717, 1.165) is 30.9 Å². The minimum absolute atomic E-state index is 0.181. The quantitative estimate of drug-likeness (QED) is 0.856. The van der Waals surface area contributed by atoms with Gasteiger partial charge < -0.3 is 14.6 Å². The number of ether oxygens (including phenoxy) is 1. The van der Waals surface area contributed by atoms with Crippen molar-refractivity contribution >= 4 is 23.3 Å². The lowest BCUT2D eigenvalue weighted by atomic mass is 10.00. The van der Waals surface area contributed by atoms with E-state index in [-0.39, 0.29) is 12.5 Å². The minimum Gasteiger partial charge on any atom is -0.381 e. The van der Waals surface area contributed by atoms with Gasteiger partial charge in [-0.15, -0.1) is 11.3 Å². The lowest BCUT2D eigenvalue weighted by Crippen LogP contribution is -2.20. The molecule has 0 saturated carbocycles. The second kappa shape index (κ2) is 7.33. The molecule has 116 valence electrons. The third-order valence-corrected chi connectivity index (χ3v) is 4.26. The number of thiophene rings is 1. The van der Waals surface area contributed by atoms with Crippen molar-refractivity contribution in [3.63, 3.8) is 0 Å². The first-order chi connectivity index (χ1) is 10.8. The number of amides is 1. The Bertz CT molecular complexity index is 630. The highest BCUT2D eigenvalue weighted by Gasteiger charge is 2.21. The molecule has 1 aliphatic rings. The van der Waals surface area contributed by atoms with Crippen LogP contribution in [0.25, 0.3) is 6.08 Å². The van der Waals surface area contributed by atoms with Crippen molar-refractivity contribution in [2.75, 3.05) is 13.2 Å². The van der Waals surface area contributed by atoms with E-state index in [9.17, 15) is 4.79 Å². The van der Waals surface area contributed by atoms with E-state index in [1.807, 2.05) is 17.5 Å². The largest absolute Gasteiger partial charge is 0.381 e. The summed E-state index contributed by atoms with van der Waals surface area (Å²) in [5, 5.41) is 8.70. The number of rotatable bonds is 5. The molecule has 0 spiro atoms. The molecule has 1 amide bonds. The molecule has 0 atom stereocenters. The van der Waals surface area contributed by atoms with Gasteiger partial charge in [-0.2, -0.15) is 4.98 Å². The van der Waals surface area contributed by atoms with E-state index < -0.39 is 0 Å². The highest BCUT2D eigenvalue weighted by atomic mass is 32.1. The van der Waals surface area contributed by atoms with Crippen molar-refractivity contribution in [2.24, 2.45) is 0 Å². The fourth-order valence-corrected chi connectivity index (χ4v) is 2.85. The van der Waals surface area contributed by atoms with Crippen molar-refractivity contribution in [2.45, 2.75) is 25.3 Å². The van der Waals surface area contributed by atoms with Gasteiger partial charge in [0.25, 0.3) is 0 Å². The number of hydrogen-bond acceptors (Lipinski definition) is 6. The predicted molar refractivity (Wildman–Crippen MR) is 82.3 cm³/mol. The van der Waals surface area contributed by atoms with E-state index in [4.69, 9.17) is 9.26 Å². The maximum absolute atomic E-state index is 11.7. The lowest BCUT2D eigenvalue weighted by molar-refractivity contribution is -0.116. The molecule has 6 nitrogen and oxygen atoms in total. The Morgan fingerprint density at radius 2 is 2.32 bits per heavy atom. The van der Waals surface area contributed by atoms with Crippen LogP contribution in [0.5, 0.6) is 0 Å². The maximum atomic E-state index is 11.7. The highest BCUT2D eigenvalue weighted by molar-refractivity contribution is 7.10. The van der Waals surface area contributed by atoms with Crippen molar-refractivity contribution in [1.82, 2.24) is 15.5 Å². The van der Waals surface area contributed by atoms with Crippen LogP contribution in [0.15, 0.2) is 28.1 Å². The molecular weight excluding hydrogens is 302 g/mol. The van der Waals surface area contributed by atoms with E-state index in [0.29, 0.717) is 17.6 Å². The van der Waals surface area contributed by atoms with Crippen LogP contribution in [0.1, 0.15) is 35.4 Å². The van der Waals surface area contributed by atoms with Gasteiger partial charge in [0.05, 0.1) is 6.54 Å². The average Bonchev–Trinajstić information content (AvgIpc) is 3.23. The standard InChI is InChI=1S/C15H17N3O3S/c19-13(4-3-12-2-1-9-22-12)16-10-14-17-15(18-21-14)11-5-7-20-8-6-11/h1-4,9,11H,5-8,10H2,(H,16,19). The Morgan fingerprint density at radius 3 is 3.09 bits per heavy atom. The Morgan fingerprint density at radius 1 is 1.45 bits per heavy atom. The smallest absolute Gasteiger partial charge is 0.246 e. The highest BCUT2D eigenvalue weighted by Crippen LogP contribution is 2.24. The lowest BCUT2D eigenvalue weighted by Gasteiger charge is -2.18. The molecule has 1 saturated heterocycles. The van der Waals surface area contributed by atoms with Crippen LogP contribution in [0.2, 0.25) is 0 Å². The minimum atomic E-state index is -0.181. The fraction of sp³-hybridized carbons (Fsp3) is 0.400. The summed E-state index contributed by atoms with van der Waals surface area (Å²) in [6, 6.07) is 3.89. The molecule has 0 aromatic carbocycles. The summed E-state index contributed by atoms with van der Waals surface area (Å²) >= 11 is 1.58. The molecule has 0 bridgehead atoms. The van der Waals surface area contributed by atoms with E-state index in [1.165, 1.54) is 6.08 Å². The normalized spacial score (nSPS) is 16.2. The Hall–Kier alpha value is -1.99.